The number of hydrogen-bond donors (Lipinski definition) is 1. The number of fused-ring (bicyclic) bond motifs is 1. The van der Waals surface area contributed by atoms with E-state index in [1.54, 1.807) is 18.2 Å². The second kappa shape index (κ2) is 13.8. The van der Waals surface area contributed by atoms with Gasteiger partial charge in [0.15, 0.2) is 21.3 Å². The monoisotopic (exact) mass is 604 g/mol. The fourth-order valence-corrected chi connectivity index (χ4v) is 7.06. The van der Waals surface area contributed by atoms with Gasteiger partial charge in [-0.2, -0.15) is 0 Å². The molecule has 0 saturated carbocycles. The van der Waals surface area contributed by atoms with E-state index >= 15 is 0 Å². The Morgan fingerprint density at radius 1 is 0.930 bits per heavy atom. The summed E-state index contributed by atoms with van der Waals surface area (Å²) in [6.07, 6.45) is 3.90. The largest absolute Gasteiger partial charge is 0.490 e. The number of anilines is 1. The van der Waals surface area contributed by atoms with Crippen LogP contribution in [0.2, 0.25) is 0 Å². The standard InChI is InChI=1S/C34H40N2O6S/c1-4-41-31-12-8-26(22-32(31)42-5-2)25-9-13-33-28(20-25)21-27(16-19-43(33,38)39)34(37)35-29-10-6-24(7-11-29)23-36(3)30-14-17-40-18-15-30/h6-13,20-22,30H,4-5,14-19,23H2,1-3H3,(H,35,37). The Bertz CT molecular complexity index is 1580. The molecule has 1 fully saturated rings. The zero-order valence-electron chi connectivity index (χ0n) is 25.1. The fraction of sp³-hybridized carbons (Fsp3) is 0.382. The number of nitrogens with zero attached hydrogens (tertiary/aromatic N) is 1. The maximum Gasteiger partial charge on any atom is 0.251 e. The van der Waals surface area contributed by atoms with E-state index in [4.69, 9.17) is 14.2 Å². The highest BCUT2D eigenvalue weighted by atomic mass is 32.2. The lowest BCUT2D eigenvalue weighted by Gasteiger charge is -2.31. The minimum Gasteiger partial charge on any atom is -0.490 e. The van der Waals surface area contributed by atoms with Gasteiger partial charge in [-0.05, 0) is 105 Å². The molecule has 0 radical (unpaired) electrons. The average Bonchev–Trinajstić information content (AvgIpc) is 3.14. The quantitative estimate of drug-likeness (QED) is 0.305. The van der Waals surface area contributed by atoms with Gasteiger partial charge in [-0.3, -0.25) is 9.69 Å². The number of sulfone groups is 1. The highest BCUT2D eigenvalue weighted by Crippen LogP contribution is 2.36. The van der Waals surface area contributed by atoms with Crippen molar-refractivity contribution in [2.24, 2.45) is 0 Å². The van der Waals surface area contributed by atoms with Crippen LogP contribution >= 0.6 is 0 Å². The van der Waals surface area contributed by atoms with E-state index in [-0.39, 0.29) is 23.0 Å². The number of amides is 1. The normalized spacial score (nSPS) is 16.6. The Hall–Kier alpha value is -3.66. The maximum absolute atomic E-state index is 13.4. The molecule has 0 bridgehead atoms. The number of nitrogens with one attached hydrogen (secondary N) is 1. The van der Waals surface area contributed by atoms with Crippen molar-refractivity contribution < 1.29 is 27.4 Å². The van der Waals surface area contributed by atoms with Gasteiger partial charge in [0.2, 0.25) is 0 Å². The molecule has 9 heteroatoms. The van der Waals surface area contributed by atoms with Crippen LogP contribution in [0.1, 0.15) is 44.2 Å². The summed E-state index contributed by atoms with van der Waals surface area (Å²) in [4.78, 5) is 15.9. The molecule has 228 valence electrons. The lowest BCUT2D eigenvalue weighted by Crippen LogP contribution is -2.36. The summed E-state index contributed by atoms with van der Waals surface area (Å²) in [6.45, 7) is 7.27. The van der Waals surface area contributed by atoms with Crippen molar-refractivity contribution in [3.8, 4) is 22.6 Å². The minimum atomic E-state index is -3.56. The molecule has 2 aliphatic rings. The topological polar surface area (TPSA) is 94.2 Å². The molecule has 0 aliphatic carbocycles. The maximum atomic E-state index is 13.4. The molecule has 43 heavy (non-hydrogen) atoms. The second-order valence-corrected chi connectivity index (χ2v) is 13.0. The lowest BCUT2D eigenvalue weighted by molar-refractivity contribution is -0.112. The summed E-state index contributed by atoms with van der Waals surface area (Å²) in [5.74, 6) is 0.846. The minimum absolute atomic E-state index is 0.129. The van der Waals surface area contributed by atoms with Crippen LogP contribution < -0.4 is 14.8 Å². The summed E-state index contributed by atoms with van der Waals surface area (Å²) in [6, 6.07) is 19.3. The first-order chi connectivity index (χ1) is 20.8. The second-order valence-electron chi connectivity index (χ2n) is 10.9. The molecular formula is C34H40N2O6S. The number of rotatable bonds is 10. The predicted molar refractivity (Wildman–Crippen MR) is 169 cm³/mol. The summed E-state index contributed by atoms with van der Waals surface area (Å²) in [7, 11) is -1.43. The average molecular weight is 605 g/mol. The van der Waals surface area contributed by atoms with Gasteiger partial charge in [0.05, 0.1) is 23.9 Å². The third kappa shape index (κ3) is 7.47. The molecule has 0 atom stereocenters. The molecule has 1 N–H and O–H groups in total. The highest BCUT2D eigenvalue weighted by molar-refractivity contribution is 7.91. The summed E-state index contributed by atoms with van der Waals surface area (Å²) < 4.78 is 43.3. The third-order valence-corrected chi connectivity index (χ3v) is 9.72. The number of carbonyl (C=O) groups excluding carboxylic acids is 1. The molecule has 0 aromatic heterocycles. The zero-order chi connectivity index (χ0) is 30.4. The van der Waals surface area contributed by atoms with Crippen LogP contribution in [-0.4, -0.2) is 64.5 Å². The zero-order valence-corrected chi connectivity index (χ0v) is 25.9. The Morgan fingerprint density at radius 2 is 1.60 bits per heavy atom. The molecule has 1 saturated heterocycles. The van der Waals surface area contributed by atoms with Crippen molar-refractivity contribution in [1.29, 1.82) is 0 Å². The smallest absolute Gasteiger partial charge is 0.251 e. The number of ether oxygens (including phenoxy) is 3. The van der Waals surface area contributed by atoms with Crippen LogP contribution in [-0.2, 0) is 25.9 Å². The summed E-state index contributed by atoms with van der Waals surface area (Å²) >= 11 is 0. The molecule has 3 aromatic rings. The molecule has 2 aliphatic heterocycles. The van der Waals surface area contributed by atoms with Crippen molar-refractivity contribution in [3.05, 3.63) is 77.4 Å². The van der Waals surface area contributed by atoms with Crippen molar-refractivity contribution in [2.45, 2.75) is 50.6 Å². The van der Waals surface area contributed by atoms with Gasteiger partial charge in [-0.25, -0.2) is 8.42 Å². The third-order valence-electron chi connectivity index (χ3n) is 7.94. The van der Waals surface area contributed by atoms with Crippen LogP contribution in [0.15, 0.2) is 71.1 Å². The van der Waals surface area contributed by atoms with Crippen LogP contribution in [0.3, 0.4) is 0 Å². The van der Waals surface area contributed by atoms with Gasteiger partial charge < -0.3 is 19.5 Å². The van der Waals surface area contributed by atoms with E-state index < -0.39 is 9.84 Å². The molecule has 0 spiro atoms. The molecule has 5 rings (SSSR count). The molecule has 3 aromatic carbocycles. The first-order valence-corrected chi connectivity index (χ1v) is 16.6. The van der Waals surface area contributed by atoms with E-state index in [1.165, 1.54) is 0 Å². The summed E-state index contributed by atoms with van der Waals surface area (Å²) in [5, 5.41) is 2.96. The van der Waals surface area contributed by atoms with Crippen LogP contribution in [0.4, 0.5) is 5.69 Å². The number of carbonyl (C=O) groups is 1. The van der Waals surface area contributed by atoms with Gasteiger partial charge in [0, 0.05) is 37.1 Å². The van der Waals surface area contributed by atoms with Crippen molar-refractivity contribution >= 4 is 27.5 Å². The highest BCUT2D eigenvalue weighted by Gasteiger charge is 2.25. The summed E-state index contributed by atoms with van der Waals surface area (Å²) in [5.41, 5.74) is 4.43. The van der Waals surface area contributed by atoms with Gasteiger partial charge in [0.25, 0.3) is 5.91 Å². The van der Waals surface area contributed by atoms with Crippen molar-refractivity contribution in [1.82, 2.24) is 4.90 Å². The Kier molecular flexibility index (Phi) is 9.85. The fourth-order valence-electron chi connectivity index (χ4n) is 5.60. The SMILES string of the molecule is CCOc1ccc(-c2ccc3c(c2)C=C(C(=O)Nc2ccc(CN(C)C4CCOCC4)cc2)CCS3(=O)=O)cc1OCC. The first kappa shape index (κ1) is 30.8. The van der Waals surface area contributed by atoms with Gasteiger partial charge in [0.1, 0.15) is 0 Å². The molecule has 8 nitrogen and oxygen atoms in total. The van der Waals surface area contributed by atoms with E-state index in [2.05, 4.69) is 17.3 Å². The number of benzene rings is 3. The molecule has 2 heterocycles. The Labute approximate surface area is 254 Å². The van der Waals surface area contributed by atoms with E-state index in [0.717, 1.165) is 49.3 Å². The van der Waals surface area contributed by atoms with E-state index in [0.29, 0.717) is 47.6 Å². The Balaban J connectivity index is 1.35. The van der Waals surface area contributed by atoms with Crippen molar-refractivity contribution in [3.63, 3.8) is 0 Å². The van der Waals surface area contributed by atoms with E-state index in [1.807, 2.05) is 62.4 Å². The van der Waals surface area contributed by atoms with Crippen molar-refractivity contribution in [2.75, 3.05) is 44.5 Å². The molecule has 0 unspecified atom stereocenters. The van der Waals surface area contributed by atoms with Gasteiger partial charge in [-0.1, -0.05) is 24.3 Å². The van der Waals surface area contributed by atoms with Gasteiger partial charge in [-0.15, -0.1) is 0 Å². The molecule has 1 amide bonds. The van der Waals surface area contributed by atoms with Crippen LogP contribution in [0.5, 0.6) is 11.5 Å². The van der Waals surface area contributed by atoms with Crippen LogP contribution in [0, 0.1) is 0 Å². The van der Waals surface area contributed by atoms with Crippen LogP contribution in [0.25, 0.3) is 17.2 Å². The first-order valence-electron chi connectivity index (χ1n) is 14.9. The lowest BCUT2D eigenvalue weighted by atomic mass is 10.0. The number of hydrogen-bond acceptors (Lipinski definition) is 7. The Morgan fingerprint density at radius 3 is 2.33 bits per heavy atom. The van der Waals surface area contributed by atoms with Gasteiger partial charge >= 0.3 is 0 Å². The van der Waals surface area contributed by atoms with E-state index in [9.17, 15) is 13.2 Å². The molecular weight excluding hydrogens is 564 g/mol. The predicted octanol–water partition coefficient (Wildman–Crippen LogP) is 5.96.